The highest BCUT2D eigenvalue weighted by Gasteiger charge is 2.08. The lowest BCUT2D eigenvalue weighted by molar-refractivity contribution is 0.611. The van der Waals surface area contributed by atoms with Crippen LogP contribution in [-0.4, -0.2) is 28.4 Å². The molecule has 0 spiro atoms. The maximum atomic E-state index is 5.73. The van der Waals surface area contributed by atoms with Crippen LogP contribution in [0.25, 0.3) is 0 Å². The second kappa shape index (κ2) is 5.64. The molecule has 0 aliphatic carbocycles. The Kier molecular flexibility index (Phi) is 3.94. The molecule has 2 aromatic rings. The zero-order valence-corrected chi connectivity index (χ0v) is 11.1. The number of aromatic nitrogens is 2. The van der Waals surface area contributed by atoms with Gasteiger partial charge >= 0.3 is 0 Å². The van der Waals surface area contributed by atoms with Crippen molar-refractivity contribution in [2.45, 2.75) is 6.54 Å². The summed E-state index contributed by atoms with van der Waals surface area (Å²) in [5.41, 5.74) is 7.70. The van der Waals surface area contributed by atoms with Crippen LogP contribution >= 0.6 is 12.2 Å². The number of hydrogen-bond donors (Lipinski definition) is 1. The summed E-state index contributed by atoms with van der Waals surface area (Å²) in [7, 11) is 2.03. The van der Waals surface area contributed by atoms with E-state index in [0.717, 1.165) is 24.3 Å². The highest BCUT2D eigenvalue weighted by molar-refractivity contribution is 7.80. The van der Waals surface area contributed by atoms with Crippen molar-refractivity contribution in [1.29, 1.82) is 0 Å². The quantitative estimate of drug-likeness (QED) is 0.831. The van der Waals surface area contributed by atoms with Gasteiger partial charge in [0.05, 0.1) is 6.54 Å². The highest BCUT2D eigenvalue weighted by atomic mass is 32.1. The number of rotatable bonds is 5. The van der Waals surface area contributed by atoms with Crippen molar-refractivity contribution >= 4 is 22.9 Å². The van der Waals surface area contributed by atoms with Crippen LogP contribution in [-0.2, 0) is 6.54 Å². The van der Waals surface area contributed by atoms with Crippen LogP contribution < -0.4 is 10.6 Å². The second-order valence-electron chi connectivity index (χ2n) is 4.07. The predicted molar refractivity (Wildman–Crippen MR) is 77.8 cm³/mol. The Balaban J connectivity index is 2.09. The summed E-state index contributed by atoms with van der Waals surface area (Å²) in [6, 6.07) is 9.82. The Labute approximate surface area is 112 Å². The van der Waals surface area contributed by atoms with E-state index in [0.29, 0.717) is 4.99 Å². The van der Waals surface area contributed by atoms with E-state index < -0.39 is 0 Å². The molecule has 18 heavy (non-hydrogen) atoms. The summed E-state index contributed by atoms with van der Waals surface area (Å²) in [5, 5.41) is 4.18. The van der Waals surface area contributed by atoms with Gasteiger partial charge in [0, 0.05) is 37.2 Å². The van der Waals surface area contributed by atoms with Crippen molar-refractivity contribution in [2.24, 2.45) is 5.73 Å². The van der Waals surface area contributed by atoms with E-state index in [1.54, 1.807) is 6.20 Å². The number of hydrogen-bond acceptors (Lipinski definition) is 3. The Morgan fingerprint density at radius 1 is 1.39 bits per heavy atom. The van der Waals surface area contributed by atoms with Gasteiger partial charge in [-0.3, -0.25) is 4.68 Å². The first-order chi connectivity index (χ1) is 8.68. The second-order valence-corrected chi connectivity index (χ2v) is 4.51. The predicted octanol–water partition coefficient (Wildman–Crippen LogP) is 1.65. The Morgan fingerprint density at radius 3 is 2.83 bits per heavy atom. The smallest absolute Gasteiger partial charge is 0.106 e. The fraction of sp³-hybridized carbons (Fsp3) is 0.231. The average molecular weight is 260 g/mol. The summed E-state index contributed by atoms with van der Waals surface area (Å²) in [4.78, 5) is 2.56. The van der Waals surface area contributed by atoms with Crippen LogP contribution in [0.15, 0.2) is 42.7 Å². The SMILES string of the molecule is CN(CCn1cccn1)c1ccccc1C(N)=S. The van der Waals surface area contributed by atoms with Gasteiger partial charge in [0.25, 0.3) is 0 Å². The van der Waals surface area contributed by atoms with Crippen LogP contribution in [0.4, 0.5) is 5.69 Å². The van der Waals surface area contributed by atoms with Crippen molar-refractivity contribution in [3.05, 3.63) is 48.3 Å². The highest BCUT2D eigenvalue weighted by Crippen LogP contribution is 2.18. The lowest BCUT2D eigenvalue weighted by Gasteiger charge is -2.22. The Hall–Kier alpha value is -1.88. The van der Waals surface area contributed by atoms with Crippen LogP contribution in [0.3, 0.4) is 0 Å². The first-order valence-corrected chi connectivity index (χ1v) is 6.16. The molecule has 0 bridgehead atoms. The van der Waals surface area contributed by atoms with Crippen molar-refractivity contribution in [3.8, 4) is 0 Å². The average Bonchev–Trinajstić information content (AvgIpc) is 2.89. The number of anilines is 1. The monoisotopic (exact) mass is 260 g/mol. The number of thiocarbonyl (C=S) groups is 1. The lowest BCUT2D eigenvalue weighted by Crippen LogP contribution is -2.25. The van der Waals surface area contributed by atoms with Crippen molar-refractivity contribution in [1.82, 2.24) is 9.78 Å². The fourth-order valence-electron chi connectivity index (χ4n) is 1.82. The van der Waals surface area contributed by atoms with Crippen molar-refractivity contribution in [3.63, 3.8) is 0 Å². The molecule has 0 fully saturated rings. The van der Waals surface area contributed by atoms with E-state index in [4.69, 9.17) is 18.0 Å². The van der Waals surface area contributed by atoms with Gasteiger partial charge in [-0.25, -0.2) is 0 Å². The normalized spacial score (nSPS) is 10.3. The van der Waals surface area contributed by atoms with Gasteiger partial charge in [-0.15, -0.1) is 0 Å². The molecular formula is C13H16N4S. The van der Waals surface area contributed by atoms with E-state index in [-0.39, 0.29) is 0 Å². The van der Waals surface area contributed by atoms with Gasteiger partial charge in [-0.1, -0.05) is 24.4 Å². The molecule has 1 aromatic heterocycles. The summed E-state index contributed by atoms with van der Waals surface area (Å²) in [5.74, 6) is 0. The van der Waals surface area contributed by atoms with Crippen LogP contribution in [0.2, 0.25) is 0 Å². The number of para-hydroxylation sites is 1. The van der Waals surface area contributed by atoms with Crippen molar-refractivity contribution < 1.29 is 0 Å². The number of likely N-dealkylation sites (N-methyl/N-ethyl adjacent to an activating group) is 1. The minimum absolute atomic E-state index is 0.427. The first-order valence-electron chi connectivity index (χ1n) is 5.76. The molecule has 2 rings (SSSR count). The summed E-state index contributed by atoms with van der Waals surface area (Å²) in [6.45, 7) is 1.68. The zero-order chi connectivity index (χ0) is 13.0. The van der Waals surface area contributed by atoms with Gasteiger partial charge < -0.3 is 10.6 Å². The molecule has 4 nitrogen and oxygen atoms in total. The van der Waals surface area contributed by atoms with Gasteiger partial charge in [0.2, 0.25) is 0 Å². The molecule has 0 aliphatic heterocycles. The minimum atomic E-state index is 0.427. The molecule has 0 saturated heterocycles. The van der Waals surface area contributed by atoms with Gasteiger partial charge in [-0.2, -0.15) is 5.10 Å². The summed E-state index contributed by atoms with van der Waals surface area (Å²) in [6.07, 6.45) is 3.73. The molecule has 94 valence electrons. The molecule has 1 heterocycles. The molecule has 5 heteroatoms. The van der Waals surface area contributed by atoms with Gasteiger partial charge in [0.15, 0.2) is 0 Å². The maximum Gasteiger partial charge on any atom is 0.106 e. The van der Waals surface area contributed by atoms with E-state index in [2.05, 4.69) is 10.00 Å². The van der Waals surface area contributed by atoms with Crippen LogP contribution in [0.5, 0.6) is 0 Å². The zero-order valence-electron chi connectivity index (χ0n) is 10.3. The molecule has 0 radical (unpaired) electrons. The largest absolute Gasteiger partial charge is 0.389 e. The van der Waals surface area contributed by atoms with E-state index in [1.165, 1.54) is 0 Å². The summed E-state index contributed by atoms with van der Waals surface area (Å²) < 4.78 is 1.90. The standard InChI is InChI=1S/C13H16N4S/c1-16(9-10-17-8-4-7-15-17)12-6-3-2-5-11(12)13(14)18/h2-8H,9-10H2,1H3,(H2,14,18). The molecule has 0 amide bonds. The molecular weight excluding hydrogens is 244 g/mol. The third-order valence-electron chi connectivity index (χ3n) is 2.80. The molecule has 1 aromatic carbocycles. The number of nitrogens with two attached hydrogens (primary N) is 1. The van der Waals surface area contributed by atoms with Crippen LogP contribution in [0.1, 0.15) is 5.56 Å². The molecule has 0 unspecified atom stereocenters. The van der Waals surface area contributed by atoms with E-state index >= 15 is 0 Å². The third kappa shape index (κ3) is 2.87. The minimum Gasteiger partial charge on any atom is -0.389 e. The van der Waals surface area contributed by atoms with Gasteiger partial charge in [0.1, 0.15) is 4.99 Å². The van der Waals surface area contributed by atoms with E-state index in [1.807, 2.05) is 48.3 Å². The molecule has 0 aliphatic rings. The van der Waals surface area contributed by atoms with Gasteiger partial charge in [-0.05, 0) is 18.2 Å². The third-order valence-corrected chi connectivity index (χ3v) is 3.02. The number of benzene rings is 1. The topological polar surface area (TPSA) is 47.1 Å². The molecule has 0 saturated carbocycles. The maximum absolute atomic E-state index is 5.73. The van der Waals surface area contributed by atoms with E-state index in [9.17, 15) is 0 Å². The Bertz CT molecular complexity index is 522. The summed E-state index contributed by atoms with van der Waals surface area (Å²) >= 11 is 5.07. The van der Waals surface area contributed by atoms with Crippen molar-refractivity contribution in [2.75, 3.05) is 18.5 Å². The lowest BCUT2D eigenvalue weighted by atomic mass is 10.1. The fourth-order valence-corrected chi connectivity index (χ4v) is 1.99. The molecule has 2 N–H and O–H groups in total. The number of nitrogens with zero attached hydrogens (tertiary/aromatic N) is 3. The molecule has 0 atom stereocenters. The van der Waals surface area contributed by atoms with Crippen LogP contribution in [0, 0.1) is 0 Å². The first kappa shape index (κ1) is 12.6. The Morgan fingerprint density at radius 2 is 2.17 bits per heavy atom.